The van der Waals surface area contributed by atoms with Gasteiger partial charge >= 0.3 is 0 Å². The van der Waals surface area contributed by atoms with Gasteiger partial charge in [0.15, 0.2) is 0 Å². The maximum atomic E-state index is 5.47. The Kier molecular flexibility index (Phi) is 4.58. The van der Waals surface area contributed by atoms with Crippen molar-refractivity contribution < 1.29 is 0 Å². The quantitative estimate of drug-likeness (QED) is 0.644. The third kappa shape index (κ3) is 3.35. The molecule has 5 heteroatoms. The molecule has 5 nitrogen and oxygen atoms in total. The molecule has 1 aromatic heterocycles. The van der Waals surface area contributed by atoms with Crippen LogP contribution in [0.3, 0.4) is 0 Å². The Morgan fingerprint density at radius 2 is 2.05 bits per heavy atom. The third-order valence-corrected chi connectivity index (χ3v) is 4.03. The van der Waals surface area contributed by atoms with Gasteiger partial charge in [-0.1, -0.05) is 20.8 Å². The Balaban J connectivity index is 2.10. The maximum absolute atomic E-state index is 5.47. The third-order valence-electron chi connectivity index (χ3n) is 4.03. The smallest absolute Gasteiger partial charge is 0.145 e. The van der Waals surface area contributed by atoms with Crippen molar-refractivity contribution >= 4 is 11.6 Å². The number of nitrogens with two attached hydrogens (primary N) is 1. The second-order valence-corrected chi connectivity index (χ2v) is 5.59. The first-order valence-electron chi connectivity index (χ1n) is 7.23. The summed E-state index contributed by atoms with van der Waals surface area (Å²) in [7, 11) is 0. The molecule has 2 rings (SSSR count). The predicted octanol–water partition coefficient (Wildman–Crippen LogP) is 2.20. The van der Waals surface area contributed by atoms with Crippen molar-refractivity contribution in [3.63, 3.8) is 0 Å². The Hall–Kier alpha value is -1.36. The van der Waals surface area contributed by atoms with Crippen LogP contribution in [0.5, 0.6) is 0 Å². The molecule has 0 atom stereocenters. The number of rotatable bonds is 4. The number of nitrogens with one attached hydrogen (secondary N) is 1. The van der Waals surface area contributed by atoms with E-state index in [0.717, 1.165) is 43.0 Å². The average molecular weight is 263 g/mol. The Bertz CT molecular complexity index is 388. The fourth-order valence-corrected chi connectivity index (χ4v) is 2.67. The number of hydrogen-bond acceptors (Lipinski definition) is 5. The molecule has 1 aromatic rings. The average Bonchev–Trinajstić information content (AvgIpc) is 2.46. The normalized spacial score (nSPS) is 17.0. The molecule has 0 amide bonds. The number of aryl methyl sites for hydroxylation is 1. The lowest BCUT2D eigenvalue weighted by Crippen LogP contribution is -2.36. The molecule has 0 unspecified atom stereocenters. The van der Waals surface area contributed by atoms with Crippen LogP contribution in [0, 0.1) is 11.8 Å². The molecule has 106 valence electrons. The summed E-state index contributed by atoms with van der Waals surface area (Å²) in [5, 5.41) is 0. The van der Waals surface area contributed by atoms with Crippen molar-refractivity contribution in [2.75, 3.05) is 23.4 Å². The van der Waals surface area contributed by atoms with Gasteiger partial charge in [0.2, 0.25) is 0 Å². The summed E-state index contributed by atoms with van der Waals surface area (Å²) in [5.74, 6) is 9.64. The van der Waals surface area contributed by atoms with E-state index in [1.807, 2.05) is 6.07 Å². The molecule has 0 aromatic carbocycles. The molecular weight excluding hydrogens is 238 g/mol. The Morgan fingerprint density at radius 1 is 1.37 bits per heavy atom. The van der Waals surface area contributed by atoms with Crippen molar-refractivity contribution in [1.82, 2.24) is 9.97 Å². The molecule has 19 heavy (non-hydrogen) atoms. The van der Waals surface area contributed by atoms with Crippen molar-refractivity contribution in [2.45, 2.75) is 40.0 Å². The van der Waals surface area contributed by atoms with Crippen molar-refractivity contribution in [2.24, 2.45) is 17.7 Å². The number of nitrogens with zero attached hydrogens (tertiary/aromatic N) is 3. The molecular formula is C14H25N5. The van der Waals surface area contributed by atoms with Gasteiger partial charge in [-0.15, -0.1) is 0 Å². The van der Waals surface area contributed by atoms with E-state index in [2.05, 4.69) is 41.1 Å². The van der Waals surface area contributed by atoms with Gasteiger partial charge in [0.05, 0.1) is 0 Å². The first-order valence-corrected chi connectivity index (χ1v) is 7.23. The van der Waals surface area contributed by atoms with Gasteiger partial charge in [-0.05, 0) is 24.7 Å². The van der Waals surface area contributed by atoms with Gasteiger partial charge in [-0.25, -0.2) is 15.8 Å². The molecule has 3 N–H and O–H groups in total. The van der Waals surface area contributed by atoms with Crippen LogP contribution in [-0.2, 0) is 6.42 Å². The molecule has 0 saturated carbocycles. The maximum Gasteiger partial charge on any atom is 0.145 e. The van der Waals surface area contributed by atoms with Crippen LogP contribution in [0.4, 0.5) is 11.6 Å². The number of nitrogen functional groups attached to an aromatic ring is 1. The number of aromatic nitrogens is 2. The van der Waals surface area contributed by atoms with Crippen LogP contribution in [-0.4, -0.2) is 23.1 Å². The van der Waals surface area contributed by atoms with E-state index in [9.17, 15) is 0 Å². The highest BCUT2D eigenvalue weighted by Crippen LogP contribution is 2.27. The second-order valence-electron chi connectivity index (χ2n) is 5.59. The standard InChI is InChI=1S/C14H25N5/c1-4-12-16-13(18-15)9-14(17-12)19-7-5-11(6-8-19)10(2)3/h9-11H,4-8,15H2,1-3H3,(H,16,17,18). The molecule has 1 saturated heterocycles. The van der Waals surface area contributed by atoms with Crippen LogP contribution < -0.4 is 16.2 Å². The summed E-state index contributed by atoms with van der Waals surface area (Å²) in [4.78, 5) is 11.3. The largest absolute Gasteiger partial charge is 0.356 e. The topological polar surface area (TPSA) is 67.1 Å². The van der Waals surface area contributed by atoms with E-state index in [-0.39, 0.29) is 0 Å². The zero-order valence-electron chi connectivity index (χ0n) is 12.2. The SMILES string of the molecule is CCc1nc(NN)cc(N2CCC(C(C)C)CC2)n1. The zero-order chi connectivity index (χ0) is 13.8. The van der Waals surface area contributed by atoms with Gasteiger partial charge in [0.25, 0.3) is 0 Å². The lowest BCUT2D eigenvalue weighted by molar-refractivity contribution is 0.310. The highest BCUT2D eigenvalue weighted by molar-refractivity contribution is 5.49. The van der Waals surface area contributed by atoms with Crippen LogP contribution in [0.2, 0.25) is 0 Å². The fourth-order valence-electron chi connectivity index (χ4n) is 2.67. The van der Waals surface area contributed by atoms with E-state index < -0.39 is 0 Å². The first-order chi connectivity index (χ1) is 9.13. The number of piperidine rings is 1. The predicted molar refractivity (Wildman–Crippen MR) is 79.0 cm³/mol. The molecule has 0 aliphatic carbocycles. The summed E-state index contributed by atoms with van der Waals surface area (Å²) in [5.41, 5.74) is 2.63. The van der Waals surface area contributed by atoms with E-state index >= 15 is 0 Å². The van der Waals surface area contributed by atoms with Crippen molar-refractivity contribution in [3.05, 3.63) is 11.9 Å². The Labute approximate surface area is 115 Å². The van der Waals surface area contributed by atoms with Crippen molar-refractivity contribution in [3.8, 4) is 0 Å². The van der Waals surface area contributed by atoms with Gasteiger partial charge < -0.3 is 10.3 Å². The van der Waals surface area contributed by atoms with Crippen LogP contribution in [0.1, 0.15) is 39.4 Å². The summed E-state index contributed by atoms with van der Waals surface area (Å²) < 4.78 is 0. The van der Waals surface area contributed by atoms with E-state index in [1.54, 1.807) is 0 Å². The second kappa shape index (κ2) is 6.19. The van der Waals surface area contributed by atoms with Crippen LogP contribution in [0.25, 0.3) is 0 Å². The monoisotopic (exact) mass is 263 g/mol. The molecule has 1 aliphatic heterocycles. The summed E-state index contributed by atoms with van der Waals surface area (Å²) >= 11 is 0. The minimum atomic E-state index is 0.702. The minimum Gasteiger partial charge on any atom is -0.356 e. The Morgan fingerprint density at radius 3 is 2.58 bits per heavy atom. The summed E-state index contributed by atoms with van der Waals surface area (Å²) in [6.07, 6.45) is 3.31. The molecule has 0 spiro atoms. The lowest BCUT2D eigenvalue weighted by atomic mass is 9.87. The van der Waals surface area contributed by atoms with Gasteiger partial charge in [0.1, 0.15) is 17.5 Å². The number of hydrazine groups is 1. The lowest BCUT2D eigenvalue weighted by Gasteiger charge is -2.34. The molecule has 0 radical (unpaired) electrons. The van der Waals surface area contributed by atoms with Gasteiger partial charge in [-0.3, -0.25) is 0 Å². The van der Waals surface area contributed by atoms with Crippen molar-refractivity contribution in [1.29, 1.82) is 0 Å². The van der Waals surface area contributed by atoms with Gasteiger partial charge in [-0.2, -0.15) is 0 Å². The van der Waals surface area contributed by atoms with Crippen LogP contribution >= 0.6 is 0 Å². The molecule has 0 bridgehead atoms. The molecule has 1 aliphatic rings. The summed E-state index contributed by atoms with van der Waals surface area (Å²) in [6, 6.07) is 1.94. The zero-order valence-corrected chi connectivity index (χ0v) is 12.2. The first kappa shape index (κ1) is 14.1. The summed E-state index contributed by atoms with van der Waals surface area (Å²) in [6.45, 7) is 8.84. The van der Waals surface area contributed by atoms with E-state index in [1.165, 1.54) is 12.8 Å². The number of hydrogen-bond donors (Lipinski definition) is 2. The minimum absolute atomic E-state index is 0.702. The fraction of sp³-hybridized carbons (Fsp3) is 0.714. The van der Waals surface area contributed by atoms with Crippen LogP contribution in [0.15, 0.2) is 6.07 Å². The molecule has 1 fully saturated rings. The highest BCUT2D eigenvalue weighted by atomic mass is 15.3. The highest BCUT2D eigenvalue weighted by Gasteiger charge is 2.22. The number of anilines is 2. The van der Waals surface area contributed by atoms with E-state index in [0.29, 0.717) is 5.82 Å². The van der Waals surface area contributed by atoms with E-state index in [4.69, 9.17) is 5.84 Å². The molecule has 2 heterocycles. The van der Waals surface area contributed by atoms with Gasteiger partial charge in [0, 0.05) is 25.6 Å².